The molecule has 0 unspecified atom stereocenters. The van der Waals surface area contributed by atoms with Gasteiger partial charge in [-0.1, -0.05) is 25.0 Å². The summed E-state index contributed by atoms with van der Waals surface area (Å²) in [6.07, 6.45) is 4.93. The Balaban J connectivity index is 1.56. The molecule has 158 valence electrons. The van der Waals surface area contributed by atoms with Crippen LogP contribution < -0.4 is 0 Å². The van der Waals surface area contributed by atoms with Crippen molar-refractivity contribution in [2.75, 3.05) is 37.7 Å². The number of hydrogen-bond donors (Lipinski definition) is 0. The van der Waals surface area contributed by atoms with Crippen LogP contribution in [0, 0.1) is 24.6 Å². The third kappa shape index (κ3) is 4.62. The first kappa shape index (κ1) is 20.7. The molecule has 1 saturated carbocycles. The van der Waals surface area contributed by atoms with Crippen LogP contribution in [-0.4, -0.2) is 59.3 Å². The first-order chi connectivity index (χ1) is 14.0. The fourth-order valence-electron chi connectivity index (χ4n) is 5.09. The van der Waals surface area contributed by atoms with E-state index in [9.17, 15) is 14.0 Å². The molecule has 0 radical (unpaired) electrons. The standard InChI is InChI=1S/C23H31FN2O2S/c1-16-12-18(6-7-21(16)24)19-13-20(23(28)25-8-10-29-11-9-25)15-26(14-19)22(27)17-4-2-3-5-17/h6-7,12,17,19-20H,2-5,8-11,13-15H2,1H3/t19-,20-/m0/s1. The number of piperidine rings is 1. The molecule has 0 spiro atoms. The SMILES string of the molecule is Cc1cc([C@H]2C[C@H](C(=O)N3CCSCC3)CN(C(=O)C3CCCC3)C2)ccc1F. The minimum absolute atomic E-state index is 0.0847. The van der Waals surface area contributed by atoms with E-state index in [-0.39, 0.29) is 35.4 Å². The van der Waals surface area contributed by atoms with Crippen molar-refractivity contribution in [1.29, 1.82) is 0 Å². The van der Waals surface area contributed by atoms with Gasteiger partial charge in [0.1, 0.15) is 5.82 Å². The molecule has 29 heavy (non-hydrogen) atoms. The van der Waals surface area contributed by atoms with Crippen LogP contribution in [-0.2, 0) is 9.59 Å². The Bertz CT molecular complexity index is 759. The molecule has 2 heterocycles. The van der Waals surface area contributed by atoms with Crippen LogP contribution in [0.1, 0.15) is 49.1 Å². The molecule has 1 aromatic rings. The highest BCUT2D eigenvalue weighted by Gasteiger charge is 2.38. The van der Waals surface area contributed by atoms with Crippen molar-refractivity contribution in [3.63, 3.8) is 0 Å². The second-order valence-corrected chi connectivity index (χ2v) is 10.0. The smallest absolute Gasteiger partial charge is 0.227 e. The molecule has 0 N–H and O–H groups in total. The molecule has 4 nitrogen and oxygen atoms in total. The molecule has 2 aliphatic heterocycles. The fraction of sp³-hybridized carbons (Fsp3) is 0.652. The van der Waals surface area contributed by atoms with Gasteiger partial charge in [0.2, 0.25) is 11.8 Å². The minimum atomic E-state index is -0.207. The van der Waals surface area contributed by atoms with Crippen LogP contribution in [0.15, 0.2) is 18.2 Å². The van der Waals surface area contributed by atoms with Gasteiger partial charge in [0.15, 0.2) is 0 Å². The van der Waals surface area contributed by atoms with Crippen molar-refractivity contribution in [1.82, 2.24) is 9.80 Å². The van der Waals surface area contributed by atoms with Crippen LogP contribution in [0.4, 0.5) is 4.39 Å². The molecule has 3 aliphatic rings. The highest BCUT2D eigenvalue weighted by molar-refractivity contribution is 7.99. The van der Waals surface area contributed by atoms with Gasteiger partial charge >= 0.3 is 0 Å². The second kappa shape index (κ2) is 9.07. The average Bonchev–Trinajstić information content (AvgIpc) is 3.30. The summed E-state index contributed by atoms with van der Waals surface area (Å²) < 4.78 is 13.8. The van der Waals surface area contributed by atoms with E-state index in [0.29, 0.717) is 18.7 Å². The van der Waals surface area contributed by atoms with E-state index in [0.717, 1.165) is 62.3 Å². The van der Waals surface area contributed by atoms with Crippen molar-refractivity contribution in [2.24, 2.45) is 11.8 Å². The molecule has 1 aliphatic carbocycles. The van der Waals surface area contributed by atoms with E-state index in [2.05, 4.69) is 0 Å². The number of hydrogen-bond acceptors (Lipinski definition) is 3. The van der Waals surface area contributed by atoms with Crippen LogP contribution in [0.2, 0.25) is 0 Å². The first-order valence-electron chi connectivity index (χ1n) is 10.9. The monoisotopic (exact) mass is 418 g/mol. The van der Waals surface area contributed by atoms with E-state index < -0.39 is 0 Å². The lowest BCUT2D eigenvalue weighted by molar-refractivity contribution is -0.143. The molecular formula is C23H31FN2O2S. The molecule has 4 rings (SSSR count). The van der Waals surface area contributed by atoms with Gasteiger partial charge in [-0.15, -0.1) is 0 Å². The van der Waals surface area contributed by atoms with Gasteiger partial charge in [-0.25, -0.2) is 4.39 Å². The van der Waals surface area contributed by atoms with Crippen molar-refractivity contribution >= 4 is 23.6 Å². The minimum Gasteiger partial charge on any atom is -0.341 e. The summed E-state index contributed by atoms with van der Waals surface area (Å²) in [4.78, 5) is 30.4. The van der Waals surface area contributed by atoms with E-state index in [1.807, 2.05) is 33.7 Å². The van der Waals surface area contributed by atoms with Crippen molar-refractivity contribution in [3.8, 4) is 0 Å². The number of rotatable bonds is 3. The Kier molecular flexibility index (Phi) is 6.47. The number of aryl methyl sites for hydroxylation is 1. The quantitative estimate of drug-likeness (QED) is 0.749. The molecule has 2 amide bonds. The number of thioether (sulfide) groups is 1. The third-order valence-electron chi connectivity index (χ3n) is 6.79. The number of nitrogens with zero attached hydrogens (tertiary/aromatic N) is 2. The molecule has 0 bridgehead atoms. The summed E-state index contributed by atoms with van der Waals surface area (Å²) in [5.41, 5.74) is 1.66. The number of likely N-dealkylation sites (tertiary alicyclic amines) is 1. The molecule has 2 atom stereocenters. The van der Waals surface area contributed by atoms with Gasteiger partial charge < -0.3 is 9.80 Å². The Hall–Kier alpha value is -1.56. The number of amides is 2. The largest absolute Gasteiger partial charge is 0.341 e. The van der Waals surface area contributed by atoms with E-state index in [4.69, 9.17) is 0 Å². The summed E-state index contributed by atoms with van der Waals surface area (Å²) in [6, 6.07) is 5.24. The number of carbonyl (C=O) groups excluding carboxylic acids is 2. The van der Waals surface area contributed by atoms with E-state index in [1.165, 1.54) is 6.07 Å². The topological polar surface area (TPSA) is 40.6 Å². The maximum absolute atomic E-state index is 13.8. The first-order valence-corrected chi connectivity index (χ1v) is 12.1. The molecule has 3 fully saturated rings. The van der Waals surface area contributed by atoms with Crippen LogP contribution in [0.25, 0.3) is 0 Å². The summed E-state index contributed by atoms with van der Waals surface area (Å²) in [5, 5.41) is 0. The Morgan fingerprint density at radius 2 is 1.69 bits per heavy atom. The van der Waals surface area contributed by atoms with Crippen molar-refractivity contribution in [3.05, 3.63) is 35.1 Å². The second-order valence-electron chi connectivity index (χ2n) is 8.80. The van der Waals surface area contributed by atoms with Crippen LogP contribution >= 0.6 is 11.8 Å². The summed E-state index contributed by atoms with van der Waals surface area (Å²) >= 11 is 1.89. The molecule has 1 aromatic carbocycles. The molecule has 0 aromatic heterocycles. The van der Waals surface area contributed by atoms with Crippen molar-refractivity contribution < 1.29 is 14.0 Å². The predicted octanol–water partition coefficient (Wildman–Crippen LogP) is 3.83. The lowest BCUT2D eigenvalue weighted by atomic mass is 9.82. The fourth-order valence-corrected chi connectivity index (χ4v) is 6.00. The van der Waals surface area contributed by atoms with Gasteiger partial charge in [-0.05, 0) is 43.4 Å². The van der Waals surface area contributed by atoms with Crippen LogP contribution in [0.5, 0.6) is 0 Å². The van der Waals surface area contributed by atoms with Crippen LogP contribution in [0.3, 0.4) is 0 Å². The number of benzene rings is 1. The summed E-state index contributed by atoms with van der Waals surface area (Å²) in [7, 11) is 0. The maximum atomic E-state index is 13.8. The Morgan fingerprint density at radius 1 is 1.00 bits per heavy atom. The van der Waals surface area contributed by atoms with Crippen molar-refractivity contribution in [2.45, 2.75) is 44.9 Å². The van der Waals surface area contributed by atoms with Gasteiger partial charge in [-0.2, -0.15) is 11.8 Å². The van der Waals surface area contributed by atoms with Gasteiger partial charge in [-0.3, -0.25) is 9.59 Å². The normalized spacial score (nSPS) is 26.0. The zero-order valence-electron chi connectivity index (χ0n) is 17.2. The Labute approximate surface area is 177 Å². The highest BCUT2D eigenvalue weighted by Crippen LogP contribution is 2.35. The molecular weight excluding hydrogens is 387 g/mol. The zero-order valence-corrected chi connectivity index (χ0v) is 18.1. The molecule has 2 saturated heterocycles. The molecule has 6 heteroatoms. The predicted molar refractivity (Wildman–Crippen MR) is 114 cm³/mol. The lowest BCUT2D eigenvalue weighted by Crippen LogP contribution is -2.51. The van der Waals surface area contributed by atoms with Gasteiger partial charge in [0.25, 0.3) is 0 Å². The maximum Gasteiger partial charge on any atom is 0.227 e. The lowest BCUT2D eigenvalue weighted by Gasteiger charge is -2.41. The number of carbonyl (C=O) groups is 2. The Morgan fingerprint density at radius 3 is 2.38 bits per heavy atom. The zero-order chi connectivity index (χ0) is 20.4. The summed E-state index contributed by atoms with van der Waals surface area (Å²) in [5.74, 6) is 2.23. The van der Waals surface area contributed by atoms with Gasteiger partial charge in [0.05, 0.1) is 5.92 Å². The van der Waals surface area contributed by atoms with E-state index >= 15 is 0 Å². The average molecular weight is 419 g/mol. The summed E-state index contributed by atoms with van der Waals surface area (Å²) in [6.45, 7) is 4.56. The third-order valence-corrected chi connectivity index (χ3v) is 7.73. The van der Waals surface area contributed by atoms with Gasteiger partial charge in [0, 0.05) is 49.5 Å². The van der Waals surface area contributed by atoms with E-state index in [1.54, 1.807) is 6.92 Å². The highest BCUT2D eigenvalue weighted by atomic mass is 32.2. The number of halogens is 1.